The van der Waals surface area contributed by atoms with Gasteiger partial charge in [-0.05, 0) is 69.1 Å². The lowest BCUT2D eigenvalue weighted by Gasteiger charge is -2.40. The number of alkyl carbamates (subject to hydrolysis) is 1. The number of nitrogens with zero attached hydrogens (tertiary/aromatic N) is 3. The molecular formula is C25H33BFN4O4S. The lowest BCUT2D eigenvalue weighted by molar-refractivity contribution is -0.384. The normalized spacial score (nSPS) is 20.6. The Morgan fingerprint density at radius 1 is 1.31 bits per heavy atom. The molecule has 3 rings (SSSR count). The van der Waals surface area contributed by atoms with Crippen LogP contribution in [-0.2, 0) is 11.3 Å². The Bertz CT molecular complexity index is 1070. The summed E-state index contributed by atoms with van der Waals surface area (Å²) < 4.78 is 20.7. The van der Waals surface area contributed by atoms with Crippen molar-refractivity contribution in [2.24, 2.45) is 0 Å². The van der Waals surface area contributed by atoms with E-state index in [0.29, 0.717) is 18.7 Å². The van der Waals surface area contributed by atoms with Gasteiger partial charge in [0.1, 0.15) is 11.8 Å². The first kappa shape index (κ1) is 27.9. The molecule has 1 aliphatic heterocycles. The minimum atomic E-state index is -1.27. The van der Waals surface area contributed by atoms with E-state index in [1.54, 1.807) is 33.0 Å². The third-order valence-corrected chi connectivity index (χ3v) is 6.57. The fourth-order valence-corrected chi connectivity index (χ4v) is 4.81. The number of carbonyl (C=O) groups excluding carboxylic acids is 1. The highest BCUT2D eigenvalue weighted by Gasteiger charge is 2.39. The number of ether oxygens (including phenoxy) is 1. The summed E-state index contributed by atoms with van der Waals surface area (Å²) in [4.78, 5) is 29.9. The number of aryl methyl sites for hydroxylation is 1. The van der Waals surface area contributed by atoms with Gasteiger partial charge >= 0.3 is 6.09 Å². The Morgan fingerprint density at radius 2 is 2.06 bits per heavy atom. The fourth-order valence-electron chi connectivity index (χ4n) is 4.14. The summed E-state index contributed by atoms with van der Waals surface area (Å²) >= 11 is 1.53. The lowest BCUT2D eigenvalue weighted by Crippen LogP contribution is -2.57. The average molecular weight is 515 g/mol. The topological polar surface area (TPSA) is 97.6 Å². The van der Waals surface area contributed by atoms with Gasteiger partial charge in [-0.15, -0.1) is 0 Å². The van der Waals surface area contributed by atoms with Crippen LogP contribution in [0, 0.1) is 17.0 Å². The molecule has 0 bridgehead atoms. The summed E-state index contributed by atoms with van der Waals surface area (Å²) in [5.41, 5.74) is 2.35. The molecule has 1 amide bonds. The molecule has 1 aliphatic rings. The van der Waals surface area contributed by atoms with Crippen LogP contribution in [0.3, 0.4) is 0 Å². The molecule has 1 aromatic heterocycles. The van der Waals surface area contributed by atoms with Crippen LogP contribution in [0.4, 0.5) is 14.9 Å². The number of non-ortho nitro benzene ring substituents is 1. The predicted octanol–water partition coefficient (Wildman–Crippen LogP) is 5.17. The van der Waals surface area contributed by atoms with E-state index in [2.05, 4.69) is 10.3 Å². The van der Waals surface area contributed by atoms with E-state index in [0.717, 1.165) is 22.6 Å². The first-order valence-corrected chi connectivity index (χ1v) is 13.0. The Kier molecular flexibility index (Phi) is 9.35. The van der Waals surface area contributed by atoms with Crippen LogP contribution >= 0.6 is 11.6 Å². The summed E-state index contributed by atoms with van der Waals surface area (Å²) in [7, 11) is 0. The molecule has 1 N–H and O–H groups in total. The second kappa shape index (κ2) is 12.1. The van der Waals surface area contributed by atoms with Gasteiger partial charge in [-0.1, -0.05) is 13.0 Å². The number of benzene rings is 1. The van der Waals surface area contributed by atoms with Crippen LogP contribution in [0.1, 0.15) is 39.0 Å². The summed E-state index contributed by atoms with van der Waals surface area (Å²) in [5, 5.41) is 14.3. The standard InChI is InChI=1S/C25H33BFN4O4S/c1-6-36-26-21-14-30(15-22(23(21)27)29-24(32)35-25(3,4)5)13-17-9-19(11-20(10-17)31(33)34)18-8-7-16(2)28-12-18/h7-12,21-23H,6,13-15H2,1-5H3,(H,29,32)/t21?,22-,23-/m1/s1. The number of hydrogen-bond acceptors (Lipinski definition) is 7. The van der Waals surface area contributed by atoms with Crippen molar-refractivity contribution in [2.75, 3.05) is 18.8 Å². The highest BCUT2D eigenvalue weighted by molar-refractivity contribution is 8.22. The molecule has 2 heterocycles. The number of nitrogens with one attached hydrogen (secondary N) is 1. The second-order valence-electron chi connectivity index (χ2n) is 9.98. The van der Waals surface area contributed by atoms with E-state index >= 15 is 4.39 Å². The zero-order chi connectivity index (χ0) is 26.5. The Balaban J connectivity index is 1.84. The van der Waals surface area contributed by atoms with Crippen molar-refractivity contribution < 1.29 is 18.8 Å². The molecule has 0 saturated carbocycles. The number of hydrogen-bond donors (Lipinski definition) is 1. The quantitative estimate of drug-likeness (QED) is 0.294. The van der Waals surface area contributed by atoms with Crippen molar-refractivity contribution in [3.63, 3.8) is 0 Å². The summed E-state index contributed by atoms with van der Waals surface area (Å²) in [6.45, 7) is 12.1. The number of rotatable bonds is 8. The first-order valence-electron chi connectivity index (χ1n) is 12.0. The van der Waals surface area contributed by atoms with Gasteiger partial charge in [0.05, 0.1) is 11.0 Å². The minimum absolute atomic E-state index is 0.0171. The van der Waals surface area contributed by atoms with Crippen LogP contribution in [0.25, 0.3) is 11.1 Å². The van der Waals surface area contributed by atoms with E-state index < -0.39 is 34.6 Å². The summed E-state index contributed by atoms with van der Waals surface area (Å²) in [6.07, 6.45) is -0.240. The van der Waals surface area contributed by atoms with E-state index in [1.807, 2.05) is 43.5 Å². The van der Waals surface area contributed by atoms with Gasteiger partial charge in [0.15, 0.2) is 6.56 Å². The van der Waals surface area contributed by atoms with Gasteiger partial charge in [-0.3, -0.25) is 20.0 Å². The largest absolute Gasteiger partial charge is 0.444 e. The molecule has 1 aromatic carbocycles. The summed E-state index contributed by atoms with van der Waals surface area (Å²) in [6, 6.07) is 7.95. The van der Waals surface area contributed by atoms with Crippen LogP contribution < -0.4 is 5.32 Å². The van der Waals surface area contributed by atoms with Crippen molar-refractivity contribution in [1.82, 2.24) is 15.2 Å². The molecule has 193 valence electrons. The van der Waals surface area contributed by atoms with Crippen LogP contribution in [0.5, 0.6) is 0 Å². The van der Waals surface area contributed by atoms with Gasteiger partial charge in [0.2, 0.25) is 0 Å². The molecule has 0 aliphatic carbocycles. The van der Waals surface area contributed by atoms with Crippen molar-refractivity contribution in [3.8, 4) is 11.1 Å². The summed E-state index contributed by atoms with van der Waals surface area (Å²) in [5.74, 6) is 0.398. The number of likely N-dealkylation sites (tertiary alicyclic amines) is 1. The highest BCUT2D eigenvalue weighted by atomic mass is 32.2. The molecule has 1 unspecified atom stereocenters. The van der Waals surface area contributed by atoms with Crippen molar-refractivity contribution >= 4 is 30.0 Å². The number of piperidine rings is 1. The number of nitro groups is 1. The van der Waals surface area contributed by atoms with E-state index in [1.165, 1.54) is 17.7 Å². The maximum atomic E-state index is 15.4. The molecule has 11 heteroatoms. The van der Waals surface area contributed by atoms with Crippen molar-refractivity contribution in [1.29, 1.82) is 0 Å². The SMILES string of the molecule is CCS[B]C1CN(Cc2cc(-c3ccc(C)nc3)cc([N+](=O)[O-])c2)C[C@@H](NC(=O)OC(C)(C)C)[C@@H]1F. The number of alkyl halides is 1. The average Bonchev–Trinajstić information content (AvgIpc) is 2.79. The molecule has 0 spiro atoms. The van der Waals surface area contributed by atoms with Gasteiger partial charge in [0, 0.05) is 42.7 Å². The maximum Gasteiger partial charge on any atom is 0.408 e. The molecule has 1 fully saturated rings. The van der Waals surface area contributed by atoms with Crippen LogP contribution in [-0.4, -0.2) is 64.1 Å². The Labute approximate surface area is 216 Å². The van der Waals surface area contributed by atoms with Crippen LogP contribution in [0.15, 0.2) is 36.5 Å². The van der Waals surface area contributed by atoms with E-state index in [-0.39, 0.29) is 12.2 Å². The molecule has 2 aromatic rings. The van der Waals surface area contributed by atoms with Crippen molar-refractivity contribution in [3.05, 3.63) is 57.9 Å². The predicted molar refractivity (Wildman–Crippen MR) is 142 cm³/mol. The van der Waals surface area contributed by atoms with Gasteiger partial charge in [0.25, 0.3) is 5.69 Å². The Hall–Kier alpha value is -2.66. The number of amides is 1. The molecule has 8 nitrogen and oxygen atoms in total. The number of carbonyl (C=O) groups is 1. The molecule has 3 atom stereocenters. The van der Waals surface area contributed by atoms with Crippen LogP contribution in [0.2, 0.25) is 5.82 Å². The minimum Gasteiger partial charge on any atom is -0.444 e. The van der Waals surface area contributed by atoms with Gasteiger partial charge in [-0.2, -0.15) is 0 Å². The zero-order valence-electron chi connectivity index (χ0n) is 21.4. The second-order valence-corrected chi connectivity index (χ2v) is 11.2. The first-order chi connectivity index (χ1) is 16.9. The van der Waals surface area contributed by atoms with Gasteiger partial charge < -0.3 is 10.1 Å². The number of halogens is 1. The Morgan fingerprint density at radius 3 is 2.67 bits per heavy atom. The smallest absolute Gasteiger partial charge is 0.408 e. The third kappa shape index (κ3) is 7.93. The highest BCUT2D eigenvalue weighted by Crippen LogP contribution is 2.31. The molecule has 1 saturated heterocycles. The van der Waals surface area contributed by atoms with Crippen molar-refractivity contribution in [2.45, 2.75) is 64.8 Å². The van der Waals surface area contributed by atoms with E-state index in [9.17, 15) is 14.9 Å². The monoisotopic (exact) mass is 515 g/mol. The maximum absolute atomic E-state index is 15.4. The lowest BCUT2D eigenvalue weighted by atomic mass is 9.76. The third-order valence-electron chi connectivity index (χ3n) is 5.70. The molecule has 1 radical (unpaired) electrons. The fraction of sp³-hybridized carbons (Fsp3) is 0.520. The number of pyridine rings is 1. The van der Waals surface area contributed by atoms with Gasteiger partial charge in [-0.25, -0.2) is 20.8 Å². The molecule has 36 heavy (non-hydrogen) atoms. The molecular weight excluding hydrogens is 482 g/mol. The number of nitro benzene ring substituents is 1. The number of aromatic nitrogens is 1. The zero-order valence-corrected chi connectivity index (χ0v) is 22.2. The van der Waals surface area contributed by atoms with E-state index in [4.69, 9.17) is 4.74 Å².